The van der Waals surface area contributed by atoms with Crippen molar-refractivity contribution in [3.05, 3.63) is 106 Å². The molecule has 0 bridgehead atoms. The number of fused-ring (bicyclic) bond motifs is 2. The molecule has 1 saturated carbocycles. The second kappa shape index (κ2) is 10.9. The molecule has 0 aliphatic heterocycles. The fourth-order valence-corrected chi connectivity index (χ4v) is 5.69. The van der Waals surface area contributed by atoms with E-state index in [1.54, 1.807) is 12.3 Å². The lowest BCUT2D eigenvalue weighted by Gasteiger charge is -2.22. The van der Waals surface area contributed by atoms with Crippen molar-refractivity contribution < 1.29 is 9.18 Å². The van der Waals surface area contributed by atoms with E-state index in [-0.39, 0.29) is 29.7 Å². The first kappa shape index (κ1) is 25.7. The molecule has 0 radical (unpaired) electrons. The summed E-state index contributed by atoms with van der Waals surface area (Å²) in [4.78, 5) is 31.5. The zero-order valence-corrected chi connectivity index (χ0v) is 22.3. The van der Waals surface area contributed by atoms with Crippen LogP contribution in [0.15, 0.2) is 82.7 Å². The van der Waals surface area contributed by atoms with E-state index < -0.39 is 0 Å². The molecule has 0 atom stereocenters. The van der Waals surface area contributed by atoms with Gasteiger partial charge in [0, 0.05) is 33.8 Å². The lowest BCUT2D eigenvalue weighted by molar-refractivity contribution is -0.116. The summed E-state index contributed by atoms with van der Waals surface area (Å²) < 4.78 is 16.7. The lowest BCUT2D eigenvalue weighted by Crippen LogP contribution is -2.25. The van der Waals surface area contributed by atoms with Gasteiger partial charge >= 0.3 is 0 Å². The highest BCUT2D eigenvalue weighted by Gasteiger charge is 2.23. The number of carbonyl (C=O) groups excluding carboxylic acids is 1. The van der Waals surface area contributed by atoms with Crippen LogP contribution in [0.1, 0.15) is 55.1 Å². The van der Waals surface area contributed by atoms with Crippen molar-refractivity contribution in [1.82, 2.24) is 14.2 Å². The molecule has 0 saturated heterocycles. The standard InChI is InChI=1S/C32H30FN5O2/c1-21-27(25-11-6-8-14-29(25)37(21)20-30(39)35-24-17-15-23(33)16-18-24)19-34-38-31(22-9-3-2-4-10-22)36-28-13-7-5-12-26(28)32(38)40/h5-8,11-19,22H,2-4,9-10,20H2,1H3,(H,35,39). The SMILES string of the molecule is Cc1c(C=Nn2c(C3CCCCC3)nc3ccccc3c2=O)c2ccccc2n1CC(=O)Nc1ccc(F)cc1. The zero-order chi connectivity index (χ0) is 27.6. The molecule has 1 aliphatic carbocycles. The Bertz CT molecular complexity index is 1800. The molecular weight excluding hydrogens is 505 g/mol. The summed E-state index contributed by atoms with van der Waals surface area (Å²) in [6, 6.07) is 20.9. The molecule has 3 aromatic carbocycles. The summed E-state index contributed by atoms with van der Waals surface area (Å²) in [6.07, 6.45) is 7.12. The van der Waals surface area contributed by atoms with Gasteiger partial charge in [0.1, 0.15) is 18.2 Å². The van der Waals surface area contributed by atoms with Crippen molar-refractivity contribution >= 4 is 39.6 Å². The van der Waals surface area contributed by atoms with Crippen molar-refractivity contribution in [2.45, 2.75) is 51.5 Å². The highest BCUT2D eigenvalue weighted by molar-refractivity contribution is 6.02. The largest absolute Gasteiger partial charge is 0.335 e. The van der Waals surface area contributed by atoms with Gasteiger partial charge in [-0.2, -0.15) is 9.78 Å². The number of halogens is 1. The maximum absolute atomic E-state index is 13.6. The average Bonchev–Trinajstić information content (AvgIpc) is 3.24. The van der Waals surface area contributed by atoms with Gasteiger partial charge in [0.05, 0.1) is 17.1 Å². The molecule has 2 aromatic heterocycles. The van der Waals surface area contributed by atoms with Crippen molar-refractivity contribution in [3.63, 3.8) is 0 Å². The number of benzene rings is 3. The van der Waals surface area contributed by atoms with Crippen LogP contribution in [-0.2, 0) is 11.3 Å². The Hall–Kier alpha value is -4.59. The molecular formula is C32H30FN5O2. The van der Waals surface area contributed by atoms with E-state index in [0.29, 0.717) is 22.4 Å². The minimum Gasteiger partial charge on any atom is -0.335 e. The molecule has 0 spiro atoms. The van der Waals surface area contributed by atoms with Crippen LogP contribution in [0, 0.1) is 12.7 Å². The number of hydrogen-bond acceptors (Lipinski definition) is 4. The van der Waals surface area contributed by atoms with Gasteiger partial charge in [-0.1, -0.05) is 49.6 Å². The topological polar surface area (TPSA) is 81.3 Å². The Morgan fingerprint density at radius 1 is 1.00 bits per heavy atom. The van der Waals surface area contributed by atoms with E-state index in [1.807, 2.05) is 54.0 Å². The maximum atomic E-state index is 13.6. The minimum absolute atomic E-state index is 0.0718. The number of aromatic nitrogens is 3. The molecule has 7 nitrogen and oxygen atoms in total. The molecule has 40 heavy (non-hydrogen) atoms. The summed E-state index contributed by atoms with van der Waals surface area (Å²) in [5.74, 6) is 0.301. The summed E-state index contributed by atoms with van der Waals surface area (Å²) in [6.45, 7) is 2.01. The maximum Gasteiger partial charge on any atom is 0.282 e. The van der Waals surface area contributed by atoms with Gasteiger partial charge in [0.15, 0.2) is 0 Å². The first-order valence-corrected chi connectivity index (χ1v) is 13.7. The van der Waals surface area contributed by atoms with Crippen LogP contribution in [0.2, 0.25) is 0 Å². The van der Waals surface area contributed by atoms with Crippen molar-refractivity contribution in [2.24, 2.45) is 5.10 Å². The second-order valence-corrected chi connectivity index (χ2v) is 10.3. The van der Waals surface area contributed by atoms with Crippen molar-refractivity contribution in [3.8, 4) is 0 Å². The predicted octanol–water partition coefficient (Wildman–Crippen LogP) is 6.37. The molecule has 8 heteroatoms. The molecule has 0 unspecified atom stereocenters. The fourth-order valence-electron chi connectivity index (χ4n) is 5.69. The van der Waals surface area contributed by atoms with Crippen LogP contribution in [0.25, 0.3) is 21.8 Å². The molecule has 1 aliphatic rings. The summed E-state index contributed by atoms with van der Waals surface area (Å²) in [5, 5.41) is 9.05. The second-order valence-electron chi connectivity index (χ2n) is 10.3. The molecule has 1 fully saturated rings. The number of rotatable bonds is 6. The minimum atomic E-state index is -0.360. The van der Waals surface area contributed by atoms with Crippen LogP contribution in [0.4, 0.5) is 10.1 Å². The van der Waals surface area contributed by atoms with Crippen LogP contribution in [-0.4, -0.2) is 26.3 Å². The van der Waals surface area contributed by atoms with Crippen LogP contribution in [0.3, 0.4) is 0 Å². The number of anilines is 1. The van der Waals surface area contributed by atoms with Gasteiger partial charge in [0.25, 0.3) is 5.56 Å². The van der Waals surface area contributed by atoms with Crippen LogP contribution < -0.4 is 10.9 Å². The summed E-state index contributed by atoms with van der Waals surface area (Å²) in [5.41, 5.74) is 3.61. The highest BCUT2D eigenvalue weighted by Crippen LogP contribution is 2.32. The number of nitrogens with zero attached hydrogens (tertiary/aromatic N) is 4. The van der Waals surface area contributed by atoms with Crippen molar-refractivity contribution in [1.29, 1.82) is 0 Å². The average molecular weight is 536 g/mol. The Kier molecular flexibility index (Phi) is 6.99. The Morgan fingerprint density at radius 3 is 2.48 bits per heavy atom. The number of carbonyl (C=O) groups is 1. The Labute approximate surface area is 231 Å². The van der Waals surface area contributed by atoms with Crippen LogP contribution in [0.5, 0.6) is 0 Å². The summed E-state index contributed by atoms with van der Waals surface area (Å²) >= 11 is 0. The lowest BCUT2D eigenvalue weighted by atomic mass is 9.88. The predicted molar refractivity (Wildman–Crippen MR) is 157 cm³/mol. The Morgan fingerprint density at radius 2 is 1.70 bits per heavy atom. The van der Waals surface area contributed by atoms with Gasteiger partial charge in [-0.25, -0.2) is 9.37 Å². The van der Waals surface area contributed by atoms with E-state index in [1.165, 1.54) is 35.4 Å². The van der Waals surface area contributed by atoms with Gasteiger partial charge in [0.2, 0.25) is 5.91 Å². The van der Waals surface area contributed by atoms with E-state index in [2.05, 4.69) is 5.32 Å². The van der Waals surface area contributed by atoms with Gasteiger partial charge < -0.3 is 9.88 Å². The van der Waals surface area contributed by atoms with E-state index in [4.69, 9.17) is 10.1 Å². The molecule has 6 rings (SSSR count). The number of amides is 1. The Balaban J connectivity index is 1.39. The van der Waals surface area contributed by atoms with Crippen LogP contribution >= 0.6 is 0 Å². The number of nitrogens with one attached hydrogen (secondary N) is 1. The smallest absolute Gasteiger partial charge is 0.282 e. The number of hydrogen-bond donors (Lipinski definition) is 1. The third kappa shape index (κ3) is 4.93. The van der Waals surface area contributed by atoms with Gasteiger partial charge in [-0.15, -0.1) is 0 Å². The fraction of sp³-hybridized carbons (Fsp3) is 0.250. The number of para-hydroxylation sites is 2. The normalized spacial score (nSPS) is 14.3. The first-order valence-electron chi connectivity index (χ1n) is 13.7. The van der Waals surface area contributed by atoms with Gasteiger partial charge in [-0.3, -0.25) is 9.59 Å². The molecule has 202 valence electrons. The van der Waals surface area contributed by atoms with Gasteiger partial charge in [-0.05, 0) is 62.2 Å². The highest BCUT2D eigenvalue weighted by atomic mass is 19.1. The third-order valence-electron chi connectivity index (χ3n) is 7.76. The van der Waals surface area contributed by atoms with E-state index in [0.717, 1.165) is 47.8 Å². The van der Waals surface area contributed by atoms with E-state index >= 15 is 0 Å². The molecule has 2 heterocycles. The monoisotopic (exact) mass is 535 g/mol. The summed E-state index contributed by atoms with van der Waals surface area (Å²) in [7, 11) is 0. The van der Waals surface area contributed by atoms with Crippen molar-refractivity contribution in [2.75, 3.05) is 5.32 Å². The first-order chi connectivity index (χ1) is 19.5. The quantitative estimate of drug-likeness (QED) is 0.257. The van der Waals surface area contributed by atoms with E-state index in [9.17, 15) is 14.0 Å². The third-order valence-corrected chi connectivity index (χ3v) is 7.76. The molecule has 5 aromatic rings. The molecule has 1 N–H and O–H groups in total. The zero-order valence-electron chi connectivity index (χ0n) is 22.3. The molecule has 1 amide bonds.